The molecule has 0 aliphatic rings. The Bertz CT molecular complexity index is 1550. The molecule has 3 aromatic carbocycles. The third kappa shape index (κ3) is 4.69. The summed E-state index contributed by atoms with van der Waals surface area (Å²) >= 11 is 1.31. The molecule has 0 bridgehead atoms. The lowest BCUT2D eigenvalue weighted by Crippen LogP contribution is -1.98. The first-order valence-electron chi connectivity index (χ1n) is 11.3. The summed E-state index contributed by atoms with van der Waals surface area (Å²) in [4.78, 5) is 18.3. The summed E-state index contributed by atoms with van der Waals surface area (Å²) < 4.78 is 6.95. The van der Waals surface area contributed by atoms with Crippen molar-refractivity contribution in [3.8, 4) is 39.1 Å². The fourth-order valence-electron chi connectivity index (χ4n) is 3.84. The molecule has 0 spiro atoms. The molecule has 5 aromatic rings. The average Bonchev–Trinajstić information content (AvgIpc) is 3.53. The van der Waals surface area contributed by atoms with Crippen LogP contribution in [-0.2, 0) is 0 Å². The summed E-state index contributed by atoms with van der Waals surface area (Å²) in [7, 11) is 1.48. The van der Waals surface area contributed by atoms with E-state index in [1.54, 1.807) is 22.9 Å². The molecule has 0 saturated carbocycles. The van der Waals surface area contributed by atoms with Gasteiger partial charge in [-0.15, -0.1) is 0 Å². The van der Waals surface area contributed by atoms with Crippen molar-refractivity contribution in [3.05, 3.63) is 107 Å². The number of carbonyl (C=O) groups excluding carboxylic acids is 1. The van der Waals surface area contributed by atoms with E-state index >= 15 is 0 Å². The molecule has 0 aliphatic carbocycles. The van der Waals surface area contributed by atoms with Crippen LogP contribution in [0.4, 0.5) is 0 Å². The van der Waals surface area contributed by atoms with E-state index < -0.39 is 0 Å². The number of phenolic OH excluding ortho intramolecular Hbond substituents is 1. The number of rotatable bonds is 7. The van der Waals surface area contributed by atoms with Gasteiger partial charge in [-0.3, -0.25) is 4.79 Å². The Balaban J connectivity index is 1.51. The number of aryl methyl sites for hydroxylation is 1. The number of carbonyl (C=O) groups is 1. The summed E-state index contributed by atoms with van der Waals surface area (Å²) in [6, 6.07) is 27.0. The van der Waals surface area contributed by atoms with Gasteiger partial charge in [0.1, 0.15) is 0 Å². The zero-order valence-corrected chi connectivity index (χ0v) is 20.6. The molecule has 36 heavy (non-hydrogen) atoms. The third-order valence-electron chi connectivity index (χ3n) is 5.67. The highest BCUT2D eigenvalue weighted by Gasteiger charge is 2.19. The lowest BCUT2D eigenvalue weighted by Gasteiger charge is -2.03. The Morgan fingerprint density at radius 1 is 0.972 bits per heavy atom. The number of benzene rings is 3. The smallest absolute Gasteiger partial charge is 0.211 e. The predicted octanol–water partition coefficient (Wildman–Crippen LogP) is 6.58. The fourth-order valence-corrected chi connectivity index (χ4v) is 4.79. The Morgan fingerprint density at radius 2 is 1.67 bits per heavy atom. The van der Waals surface area contributed by atoms with Gasteiger partial charge in [-0.2, -0.15) is 5.10 Å². The zero-order valence-electron chi connectivity index (χ0n) is 19.8. The zero-order chi connectivity index (χ0) is 25.1. The Labute approximate surface area is 212 Å². The van der Waals surface area contributed by atoms with Gasteiger partial charge < -0.3 is 9.84 Å². The number of ether oxygens (including phenoxy) is 1. The highest BCUT2D eigenvalue weighted by atomic mass is 32.1. The molecule has 0 fully saturated rings. The number of aromatic hydroxyl groups is 1. The fraction of sp³-hybridized carbons (Fsp3) is 0.0690. The summed E-state index contributed by atoms with van der Waals surface area (Å²) in [6.45, 7) is 1.83. The lowest BCUT2D eigenvalue weighted by molar-refractivity contribution is 0.105. The summed E-state index contributed by atoms with van der Waals surface area (Å²) in [6.07, 6.45) is 3.20. The maximum absolute atomic E-state index is 13.1. The summed E-state index contributed by atoms with van der Waals surface area (Å²) in [5.41, 5.74) is 5.12. The van der Waals surface area contributed by atoms with Crippen LogP contribution in [0.3, 0.4) is 0 Å². The largest absolute Gasteiger partial charge is 0.504 e. The summed E-state index contributed by atoms with van der Waals surface area (Å²) in [5, 5.41) is 15.3. The molecule has 6 nitrogen and oxygen atoms in total. The SMILES string of the molecule is COc1cc(/C=C\C(=O)c2sc(-n3nc(-c4ccccc4)cc3-c3ccccc3)nc2C)ccc1O. The second kappa shape index (κ2) is 10.0. The van der Waals surface area contributed by atoms with E-state index in [4.69, 9.17) is 14.8 Å². The number of allylic oxidation sites excluding steroid dienone is 1. The van der Waals surface area contributed by atoms with Crippen molar-refractivity contribution in [1.82, 2.24) is 14.8 Å². The van der Waals surface area contributed by atoms with Gasteiger partial charge in [0.05, 0.1) is 29.1 Å². The van der Waals surface area contributed by atoms with Crippen LogP contribution in [-0.4, -0.2) is 32.8 Å². The van der Waals surface area contributed by atoms with E-state index in [1.807, 2.05) is 73.7 Å². The molecule has 0 atom stereocenters. The average molecular weight is 494 g/mol. The topological polar surface area (TPSA) is 77.2 Å². The van der Waals surface area contributed by atoms with E-state index in [9.17, 15) is 9.90 Å². The van der Waals surface area contributed by atoms with E-state index in [1.165, 1.54) is 30.6 Å². The van der Waals surface area contributed by atoms with Crippen molar-refractivity contribution in [2.24, 2.45) is 0 Å². The van der Waals surface area contributed by atoms with Crippen LogP contribution in [0.5, 0.6) is 11.5 Å². The number of thiazole rings is 1. The first-order chi connectivity index (χ1) is 17.5. The van der Waals surface area contributed by atoms with E-state index in [0.717, 1.165) is 28.1 Å². The van der Waals surface area contributed by atoms with Crippen LogP contribution < -0.4 is 4.74 Å². The number of hydrogen-bond acceptors (Lipinski definition) is 6. The van der Waals surface area contributed by atoms with Crippen molar-refractivity contribution in [1.29, 1.82) is 0 Å². The van der Waals surface area contributed by atoms with Gasteiger partial charge in [0.15, 0.2) is 17.3 Å². The van der Waals surface area contributed by atoms with Crippen LogP contribution in [0, 0.1) is 6.92 Å². The van der Waals surface area contributed by atoms with Gasteiger partial charge in [0.2, 0.25) is 5.13 Å². The molecule has 1 N–H and O–H groups in total. The first kappa shape index (κ1) is 23.3. The molecular formula is C29H23N3O3S. The second-order valence-corrected chi connectivity index (χ2v) is 9.08. The molecular weight excluding hydrogens is 470 g/mol. The Morgan fingerprint density at radius 3 is 2.36 bits per heavy atom. The molecule has 0 aliphatic heterocycles. The molecule has 0 amide bonds. The van der Waals surface area contributed by atoms with E-state index in [-0.39, 0.29) is 11.5 Å². The van der Waals surface area contributed by atoms with E-state index in [0.29, 0.717) is 21.5 Å². The molecule has 0 saturated heterocycles. The third-order valence-corrected chi connectivity index (χ3v) is 6.82. The molecule has 2 aromatic heterocycles. The first-order valence-corrected chi connectivity index (χ1v) is 12.1. The minimum absolute atomic E-state index is 0.0484. The van der Waals surface area contributed by atoms with Gasteiger partial charge in [0.25, 0.3) is 0 Å². The number of phenols is 1. The monoisotopic (exact) mass is 493 g/mol. The van der Waals surface area contributed by atoms with Gasteiger partial charge >= 0.3 is 0 Å². The molecule has 7 heteroatoms. The number of nitrogens with zero attached hydrogens (tertiary/aromatic N) is 3. The van der Waals surface area contributed by atoms with Crippen LogP contribution >= 0.6 is 11.3 Å². The molecule has 178 valence electrons. The Kier molecular flexibility index (Phi) is 6.47. The number of ketones is 1. The predicted molar refractivity (Wildman–Crippen MR) is 143 cm³/mol. The normalized spacial score (nSPS) is 11.2. The van der Waals surface area contributed by atoms with Crippen molar-refractivity contribution in [3.63, 3.8) is 0 Å². The van der Waals surface area contributed by atoms with Gasteiger partial charge in [-0.05, 0) is 36.8 Å². The molecule has 2 heterocycles. The lowest BCUT2D eigenvalue weighted by atomic mass is 10.1. The van der Waals surface area contributed by atoms with Crippen LogP contribution in [0.15, 0.2) is 91.0 Å². The minimum Gasteiger partial charge on any atom is -0.504 e. The maximum atomic E-state index is 13.1. The maximum Gasteiger partial charge on any atom is 0.211 e. The van der Waals surface area contributed by atoms with E-state index in [2.05, 4.69) is 0 Å². The van der Waals surface area contributed by atoms with Crippen molar-refractivity contribution >= 4 is 23.2 Å². The summed E-state index contributed by atoms with van der Waals surface area (Å²) in [5.74, 6) is 0.245. The second-order valence-electron chi connectivity index (χ2n) is 8.10. The quantitative estimate of drug-likeness (QED) is 0.205. The van der Waals surface area contributed by atoms with Crippen LogP contribution in [0.1, 0.15) is 20.9 Å². The van der Waals surface area contributed by atoms with Crippen molar-refractivity contribution in [2.75, 3.05) is 7.11 Å². The number of hydrogen-bond donors (Lipinski definition) is 1. The van der Waals surface area contributed by atoms with Crippen molar-refractivity contribution < 1.29 is 14.6 Å². The Hall–Kier alpha value is -4.49. The highest BCUT2D eigenvalue weighted by molar-refractivity contribution is 7.16. The molecule has 0 unspecified atom stereocenters. The van der Waals surface area contributed by atoms with Crippen LogP contribution in [0.25, 0.3) is 33.7 Å². The minimum atomic E-state index is -0.153. The highest BCUT2D eigenvalue weighted by Crippen LogP contribution is 2.32. The van der Waals surface area contributed by atoms with Gasteiger partial charge in [-0.25, -0.2) is 9.67 Å². The number of methoxy groups -OCH3 is 1. The van der Waals surface area contributed by atoms with Crippen LogP contribution in [0.2, 0.25) is 0 Å². The molecule has 5 rings (SSSR count). The molecule has 0 radical (unpaired) electrons. The van der Waals surface area contributed by atoms with Gasteiger partial charge in [0, 0.05) is 11.1 Å². The number of aromatic nitrogens is 3. The van der Waals surface area contributed by atoms with Crippen molar-refractivity contribution in [2.45, 2.75) is 6.92 Å². The van der Waals surface area contributed by atoms with Gasteiger partial charge in [-0.1, -0.05) is 84.1 Å². The standard InChI is InChI=1S/C29H23N3O3S/c1-19-28(26(34)16-14-20-13-15-25(33)27(17-20)35-2)36-29(30-19)32-24(22-11-7-4-8-12-22)18-23(31-32)21-9-5-3-6-10-21/h3-18,33H,1-2H3/b16-14-.